The number of halogens is 1. The molecule has 152 valence electrons. The zero-order valence-electron chi connectivity index (χ0n) is 16.8. The van der Waals surface area contributed by atoms with Crippen LogP contribution in [0.25, 0.3) is 5.78 Å². The third-order valence-electron chi connectivity index (χ3n) is 5.83. The minimum atomic E-state index is 0.705. The molecular formula is C21H26ClN7. The molecule has 4 heterocycles. The van der Waals surface area contributed by atoms with E-state index in [4.69, 9.17) is 21.7 Å². The van der Waals surface area contributed by atoms with Crippen LogP contribution in [-0.2, 0) is 6.54 Å². The smallest absolute Gasteiger partial charge is 0.254 e. The van der Waals surface area contributed by atoms with Crippen molar-refractivity contribution in [3.63, 3.8) is 0 Å². The lowest BCUT2D eigenvalue weighted by Crippen LogP contribution is -2.46. The number of anilines is 2. The summed E-state index contributed by atoms with van der Waals surface area (Å²) in [5, 5.41) is 5.63. The Morgan fingerprint density at radius 2 is 1.69 bits per heavy atom. The van der Waals surface area contributed by atoms with Crippen LogP contribution < -0.4 is 9.80 Å². The highest BCUT2D eigenvalue weighted by Crippen LogP contribution is 2.26. The van der Waals surface area contributed by atoms with E-state index in [-0.39, 0.29) is 0 Å². The van der Waals surface area contributed by atoms with Crippen molar-refractivity contribution in [3.8, 4) is 0 Å². The monoisotopic (exact) mass is 411 g/mol. The van der Waals surface area contributed by atoms with Crippen molar-refractivity contribution >= 4 is 28.9 Å². The van der Waals surface area contributed by atoms with Crippen LogP contribution in [0.3, 0.4) is 0 Å². The van der Waals surface area contributed by atoms with Crippen LogP contribution in [0.15, 0.2) is 30.3 Å². The molecule has 1 aromatic carbocycles. The Bertz CT molecular complexity index is 1000. The minimum Gasteiger partial charge on any atom is -0.368 e. The Labute approximate surface area is 175 Å². The number of aromatic nitrogens is 4. The second-order valence-corrected chi connectivity index (χ2v) is 8.31. The zero-order valence-corrected chi connectivity index (χ0v) is 17.5. The van der Waals surface area contributed by atoms with Crippen molar-refractivity contribution in [1.29, 1.82) is 0 Å². The highest BCUT2D eigenvalue weighted by molar-refractivity contribution is 6.33. The average molecular weight is 412 g/mol. The maximum absolute atomic E-state index is 6.36. The molecule has 0 saturated carbocycles. The molecule has 0 unspecified atom stereocenters. The molecular weight excluding hydrogens is 386 g/mol. The standard InChI is InChI=1S/C21H26ClN7/c1-16-14-20(28-8-4-5-9-28)29-21(23-16)24-19(25-29)15-26-10-12-27(13-11-26)18-7-3-2-6-17(18)22/h2-3,6-7,14H,4-5,8-13,15H2,1H3. The van der Waals surface area contributed by atoms with E-state index in [9.17, 15) is 0 Å². The van der Waals surface area contributed by atoms with Gasteiger partial charge < -0.3 is 9.80 Å². The highest BCUT2D eigenvalue weighted by atomic mass is 35.5. The molecule has 2 aliphatic rings. The zero-order chi connectivity index (χ0) is 19.8. The van der Waals surface area contributed by atoms with Crippen LogP contribution in [0.5, 0.6) is 0 Å². The summed E-state index contributed by atoms with van der Waals surface area (Å²) in [5.74, 6) is 2.67. The molecule has 2 saturated heterocycles. The topological polar surface area (TPSA) is 52.8 Å². The number of fused-ring (bicyclic) bond motifs is 1. The molecule has 0 N–H and O–H groups in total. The van der Waals surface area contributed by atoms with Crippen molar-refractivity contribution < 1.29 is 0 Å². The van der Waals surface area contributed by atoms with Gasteiger partial charge in [-0.15, -0.1) is 5.10 Å². The molecule has 0 aliphatic carbocycles. The molecule has 7 nitrogen and oxygen atoms in total. The minimum absolute atomic E-state index is 0.705. The fourth-order valence-corrected chi connectivity index (χ4v) is 4.56. The first-order valence-electron chi connectivity index (χ1n) is 10.4. The van der Waals surface area contributed by atoms with Crippen molar-refractivity contribution in [2.24, 2.45) is 0 Å². The molecule has 0 spiro atoms. The maximum atomic E-state index is 6.36. The summed E-state index contributed by atoms with van der Waals surface area (Å²) in [6, 6.07) is 10.2. The molecule has 0 amide bonds. The Morgan fingerprint density at radius 1 is 0.931 bits per heavy atom. The number of nitrogens with zero attached hydrogens (tertiary/aromatic N) is 7. The van der Waals surface area contributed by atoms with Gasteiger partial charge >= 0.3 is 0 Å². The van der Waals surface area contributed by atoms with E-state index in [2.05, 4.69) is 31.8 Å². The molecule has 2 fully saturated rings. The number of hydrogen-bond acceptors (Lipinski definition) is 6. The van der Waals surface area contributed by atoms with Gasteiger partial charge in [-0.05, 0) is 31.9 Å². The quantitative estimate of drug-likeness (QED) is 0.657. The van der Waals surface area contributed by atoms with Gasteiger partial charge in [0, 0.05) is 51.0 Å². The van der Waals surface area contributed by atoms with Gasteiger partial charge in [0.15, 0.2) is 5.82 Å². The third kappa shape index (κ3) is 3.76. The van der Waals surface area contributed by atoms with Crippen LogP contribution in [0.1, 0.15) is 24.4 Å². The van der Waals surface area contributed by atoms with Gasteiger partial charge in [-0.1, -0.05) is 23.7 Å². The number of piperazine rings is 1. The van der Waals surface area contributed by atoms with Gasteiger partial charge in [0.2, 0.25) is 0 Å². The van der Waals surface area contributed by atoms with Gasteiger partial charge in [-0.3, -0.25) is 4.90 Å². The van der Waals surface area contributed by atoms with Crippen molar-refractivity contribution in [2.75, 3.05) is 49.1 Å². The Kier molecular flexibility index (Phi) is 5.01. The normalized spacial score (nSPS) is 18.1. The lowest BCUT2D eigenvalue weighted by molar-refractivity contribution is 0.244. The first-order valence-corrected chi connectivity index (χ1v) is 10.8. The first-order chi connectivity index (χ1) is 14.2. The van der Waals surface area contributed by atoms with Crippen LogP contribution >= 0.6 is 11.6 Å². The number of hydrogen-bond donors (Lipinski definition) is 0. The third-order valence-corrected chi connectivity index (χ3v) is 6.15. The molecule has 0 bridgehead atoms. The summed E-state index contributed by atoms with van der Waals surface area (Å²) in [6.07, 6.45) is 2.47. The van der Waals surface area contributed by atoms with E-state index in [0.717, 1.165) is 73.9 Å². The fraction of sp³-hybridized carbons (Fsp3) is 0.476. The number of benzene rings is 1. The Morgan fingerprint density at radius 3 is 2.45 bits per heavy atom. The second-order valence-electron chi connectivity index (χ2n) is 7.90. The molecule has 8 heteroatoms. The molecule has 0 atom stereocenters. The van der Waals surface area contributed by atoms with Crippen LogP contribution in [-0.4, -0.2) is 63.8 Å². The molecule has 3 aromatic rings. The van der Waals surface area contributed by atoms with Gasteiger partial charge in [-0.25, -0.2) is 4.98 Å². The summed E-state index contributed by atoms with van der Waals surface area (Å²) >= 11 is 6.36. The summed E-state index contributed by atoms with van der Waals surface area (Å²) in [5.41, 5.74) is 2.11. The van der Waals surface area contributed by atoms with E-state index in [1.54, 1.807) is 0 Å². The molecule has 2 aliphatic heterocycles. The lowest BCUT2D eigenvalue weighted by atomic mass is 10.2. The van der Waals surface area contributed by atoms with E-state index in [1.807, 2.05) is 29.6 Å². The van der Waals surface area contributed by atoms with Crippen molar-refractivity contribution in [1.82, 2.24) is 24.5 Å². The van der Waals surface area contributed by atoms with E-state index < -0.39 is 0 Å². The van der Waals surface area contributed by atoms with Crippen molar-refractivity contribution in [2.45, 2.75) is 26.3 Å². The first kappa shape index (κ1) is 18.6. The Hall–Kier alpha value is -2.38. The number of aryl methyl sites for hydroxylation is 1. The predicted octanol–water partition coefficient (Wildman–Crippen LogP) is 3.01. The number of rotatable bonds is 4. The van der Waals surface area contributed by atoms with E-state index in [1.165, 1.54) is 12.8 Å². The van der Waals surface area contributed by atoms with E-state index >= 15 is 0 Å². The van der Waals surface area contributed by atoms with Gasteiger partial charge in [0.1, 0.15) is 5.82 Å². The molecule has 5 rings (SSSR count). The second kappa shape index (κ2) is 7.80. The predicted molar refractivity (Wildman–Crippen MR) is 116 cm³/mol. The lowest BCUT2D eigenvalue weighted by Gasteiger charge is -2.35. The van der Waals surface area contributed by atoms with Gasteiger partial charge in [-0.2, -0.15) is 9.50 Å². The molecule has 29 heavy (non-hydrogen) atoms. The van der Waals surface area contributed by atoms with Crippen LogP contribution in [0, 0.1) is 6.92 Å². The van der Waals surface area contributed by atoms with Crippen LogP contribution in [0.2, 0.25) is 5.02 Å². The van der Waals surface area contributed by atoms with Gasteiger partial charge in [0.05, 0.1) is 17.3 Å². The largest absolute Gasteiger partial charge is 0.368 e. The van der Waals surface area contributed by atoms with E-state index in [0.29, 0.717) is 5.78 Å². The summed E-state index contributed by atoms with van der Waals surface area (Å²) in [4.78, 5) is 16.5. The average Bonchev–Trinajstić information content (AvgIpc) is 3.38. The van der Waals surface area contributed by atoms with Crippen molar-refractivity contribution in [3.05, 3.63) is 46.9 Å². The highest BCUT2D eigenvalue weighted by Gasteiger charge is 2.22. The maximum Gasteiger partial charge on any atom is 0.254 e. The SMILES string of the molecule is Cc1cc(N2CCCC2)n2nc(CN3CCN(c4ccccc4Cl)CC3)nc2n1. The number of para-hydroxylation sites is 1. The van der Waals surface area contributed by atoms with Gasteiger partial charge in [0.25, 0.3) is 5.78 Å². The summed E-state index contributed by atoms with van der Waals surface area (Å²) < 4.78 is 1.92. The molecule has 2 aromatic heterocycles. The Balaban J connectivity index is 1.30. The fourth-order valence-electron chi connectivity index (χ4n) is 4.30. The van der Waals surface area contributed by atoms with Crippen LogP contribution in [0.4, 0.5) is 11.5 Å². The summed E-state index contributed by atoms with van der Waals surface area (Å²) in [7, 11) is 0. The summed E-state index contributed by atoms with van der Waals surface area (Å²) in [6.45, 7) is 8.77. The molecule has 0 radical (unpaired) electrons.